The summed E-state index contributed by atoms with van der Waals surface area (Å²) in [5.74, 6) is -1.83. The van der Waals surface area contributed by atoms with Crippen LogP contribution in [0.15, 0.2) is 48.2 Å². The van der Waals surface area contributed by atoms with Crippen molar-refractivity contribution in [3.05, 3.63) is 53.7 Å². The van der Waals surface area contributed by atoms with Gasteiger partial charge in [-0.25, -0.2) is 0 Å². The Morgan fingerprint density at radius 1 is 1.35 bits per heavy atom. The molecule has 1 amide bonds. The van der Waals surface area contributed by atoms with E-state index in [2.05, 4.69) is 5.32 Å². The Kier molecular flexibility index (Phi) is 4.27. The third-order valence-electron chi connectivity index (χ3n) is 2.60. The number of rotatable bonds is 4. The first-order valence-electron chi connectivity index (χ1n) is 5.84. The summed E-state index contributed by atoms with van der Waals surface area (Å²) in [7, 11) is 0. The summed E-state index contributed by atoms with van der Waals surface area (Å²) in [6.07, 6.45) is 5.07. The van der Waals surface area contributed by atoms with Gasteiger partial charge in [-0.2, -0.15) is 0 Å². The lowest BCUT2D eigenvalue weighted by Crippen LogP contribution is -2.41. The van der Waals surface area contributed by atoms with Gasteiger partial charge in [-0.1, -0.05) is 42.5 Å². The van der Waals surface area contributed by atoms with Gasteiger partial charge in [0.05, 0.1) is 12.5 Å². The molecule has 1 aromatic rings. The average molecular weight is 287 g/mol. The van der Waals surface area contributed by atoms with Crippen LogP contribution in [0.3, 0.4) is 0 Å². The number of carbonyl (C=O) groups is 2. The number of aliphatic carboxylic acids is 1. The number of hydrogen-bond donors (Lipinski definition) is 1. The van der Waals surface area contributed by atoms with Crippen LogP contribution < -0.4 is 10.4 Å². The van der Waals surface area contributed by atoms with Crippen molar-refractivity contribution < 1.29 is 14.7 Å². The quantitative estimate of drug-likeness (QED) is 0.626. The predicted octanol–water partition coefficient (Wildman–Crippen LogP) is 0.0503. The van der Waals surface area contributed by atoms with E-state index in [-0.39, 0.29) is 10.8 Å². The molecule has 0 atom stereocenters. The van der Waals surface area contributed by atoms with Crippen molar-refractivity contribution in [3.63, 3.8) is 0 Å². The Hall–Kier alpha value is -2.47. The third-order valence-corrected chi connectivity index (χ3v) is 2.92. The number of nitrogens with one attached hydrogen (secondary N) is 1. The maximum Gasteiger partial charge on any atom is 0.276 e. The number of carbonyl (C=O) groups excluding carboxylic acids is 2. The first kappa shape index (κ1) is 14.0. The number of amides is 1. The fourth-order valence-electron chi connectivity index (χ4n) is 1.68. The van der Waals surface area contributed by atoms with E-state index in [9.17, 15) is 14.7 Å². The SMILES string of the molecule is O=C([O-])CN1C(=O)/C(=C/C=C/c2ccccc2)NC1=S. The number of nitrogens with zero attached hydrogens (tertiary/aromatic N) is 1. The van der Waals surface area contributed by atoms with Crippen molar-refractivity contribution in [1.29, 1.82) is 0 Å². The zero-order valence-corrected chi connectivity index (χ0v) is 11.2. The van der Waals surface area contributed by atoms with Gasteiger partial charge >= 0.3 is 0 Å². The van der Waals surface area contributed by atoms with Crippen molar-refractivity contribution in [2.24, 2.45) is 0 Å². The molecule has 0 radical (unpaired) electrons. The minimum Gasteiger partial charge on any atom is -0.548 e. The predicted molar refractivity (Wildman–Crippen MR) is 76.0 cm³/mol. The van der Waals surface area contributed by atoms with Crippen LogP contribution in [0.1, 0.15) is 5.56 Å². The molecule has 102 valence electrons. The fourth-order valence-corrected chi connectivity index (χ4v) is 1.94. The molecule has 0 aromatic heterocycles. The number of benzene rings is 1. The molecule has 1 N–H and O–H groups in total. The van der Waals surface area contributed by atoms with Crippen LogP contribution in [0, 0.1) is 0 Å². The molecule has 0 aliphatic carbocycles. The minimum absolute atomic E-state index is 0.0681. The number of thiocarbonyl (C=S) groups is 1. The van der Waals surface area contributed by atoms with E-state index in [0.717, 1.165) is 10.5 Å². The van der Waals surface area contributed by atoms with Crippen molar-refractivity contribution in [3.8, 4) is 0 Å². The zero-order valence-electron chi connectivity index (χ0n) is 10.4. The smallest absolute Gasteiger partial charge is 0.276 e. The van der Waals surface area contributed by atoms with E-state index in [1.807, 2.05) is 36.4 Å². The number of hydrogen-bond acceptors (Lipinski definition) is 4. The van der Waals surface area contributed by atoms with Crippen LogP contribution in [0.25, 0.3) is 6.08 Å². The molecule has 1 saturated heterocycles. The van der Waals surface area contributed by atoms with Gasteiger partial charge < -0.3 is 15.2 Å². The van der Waals surface area contributed by atoms with Crippen LogP contribution in [0.5, 0.6) is 0 Å². The highest BCUT2D eigenvalue weighted by Gasteiger charge is 2.29. The van der Waals surface area contributed by atoms with Gasteiger partial charge in [0.15, 0.2) is 5.11 Å². The first-order chi connectivity index (χ1) is 9.58. The summed E-state index contributed by atoms with van der Waals surface area (Å²) in [6, 6.07) is 9.57. The summed E-state index contributed by atoms with van der Waals surface area (Å²) >= 11 is 4.89. The molecule has 1 aromatic carbocycles. The van der Waals surface area contributed by atoms with E-state index in [1.165, 1.54) is 0 Å². The van der Waals surface area contributed by atoms with Gasteiger partial charge in [0.25, 0.3) is 5.91 Å². The lowest BCUT2D eigenvalue weighted by Gasteiger charge is -2.13. The molecule has 20 heavy (non-hydrogen) atoms. The Morgan fingerprint density at radius 3 is 2.70 bits per heavy atom. The van der Waals surface area contributed by atoms with Crippen molar-refractivity contribution in [1.82, 2.24) is 10.2 Å². The molecule has 0 unspecified atom stereocenters. The molecule has 5 nitrogen and oxygen atoms in total. The standard InChI is InChI=1S/C14H12N2O3S/c17-12(18)9-16-13(19)11(15-14(16)20)8-4-7-10-5-2-1-3-6-10/h1-8H,9H2,(H,15,20)(H,17,18)/p-1/b7-4+,11-8-. The second kappa shape index (κ2) is 6.12. The van der Waals surface area contributed by atoms with Gasteiger partial charge in [0, 0.05) is 0 Å². The van der Waals surface area contributed by atoms with Crippen molar-refractivity contribution >= 4 is 35.3 Å². The largest absolute Gasteiger partial charge is 0.548 e. The van der Waals surface area contributed by atoms with Crippen LogP contribution >= 0.6 is 12.2 Å². The van der Waals surface area contributed by atoms with Crippen molar-refractivity contribution in [2.45, 2.75) is 0 Å². The van der Waals surface area contributed by atoms with E-state index in [0.29, 0.717) is 0 Å². The van der Waals surface area contributed by atoms with Gasteiger partial charge in [0.2, 0.25) is 0 Å². The fraction of sp³-hybridized carbons (Fsp3) is 0.0714. The molecule has 0 saturated carbocycles. The Bertz CT molecular complexity index is 608. The molecule has 2 rings (SSSR count). The van der Waals surface area contributed by atoms with Crippen LogP contribution in [-0.2, 0) is 9.59 Å². The Balaban J connectivity index is 2.08. The summed E-state index contributed by atoms with van der Waals surface area (Å²) in [5, 5.41) is 13.3. The number of allylic oxidation sites excluding steroid dienone is 2. The topological polar surface area (TPSA) is 72.5 Å². The molecule has 1 aliphatic heterocycles. The summed E-state index contributed by atoms with van der Waals surface area (Å²) < 4.78 is 0. The van der Waals surface area contributed by atoms with E-state index in [1.54, 1.807) is 12.2 Å². The van der Waals surface area contributed by atoms with Crippen LogP contribution in [0.2, 0.25) is 0 Å². The molecule has 1 heterocycles. The molecule has 1 aliphatic rings. The zero-order chi connectivity index (χ0) is 14.5. The molecular formula is C14H11N2O3S-. The highest BCUT2D eigenvalue weighted by molar-refractivity contribution is 7.80. The molecular weight excluding hydrogens is 276 g/mol. The average Bonchev–Trinajstić information content (AvgIpc) is 2.67. The highest BCUT2D eigenvalue weighted by Crippen LogP contribution is 2.10. The van der Waals surface area contributed by atoms with E-state index < -0.39 is 18.4 Å². The normalized spacial score (nSPS) is 17.0. The molecule has 0 spiro atoms. The lowest BCUT2D eigenvalue weighted by atomic mass is 10.2. The minimum atomic E-state index is -1.36. The number of carboxylic acid groups (broad SMARTS) is 1. The Labute approximate surface area is 121 Å². The molecule has 6 heteroatoms. The summed E-state index contributed by atoms with van der Waals surface area (Å²) in [6.45, 7) is -0.551. The number of carboxylic acids is 1. The highest BCUT2D eigenvalue weighted by atomic mass is 32.1. The van der Waals surface area contributed by atoms with Gasteiger partial charge in [-0.15, -0.1) is 0 Å². The summed E-state index contributed by atoms with van der Waals surface area (Å²) in [5.41, 5.74) is 1.23. The van der Waals surface area contributed by atoms with Gasteiger partial charge in [-0.3, -0.25) is 9.69 Å². The van der Waals surface area contributed by atoms with E-state index in [4.69, 9.17) is 12.2 Å². The molecule has 0 bridgehead atoms. The van der Waals surface area contributed by atoms with Gasteiger partial charge in [-0.05, 0) is 23.9 Å². The van der Waals surface area contributed by atoms with Crippen LogP contribution in [0.4, 0.5) is 0 Å². The third kappa shape index (κ3) is 3.30. The maximum absolute atomic E-state index is 11.9. The van der Waals surface area contributed by atoms with Crippen LogP contribution in [-0.4, -0.2) is 28.4 Å². The second-order valence-electron chi connectivity index (χ2n) is 4.04. The molecule has 1 fully saturated rings. The lowest BCUT2D eigenvalue weighted by molar-refractivity contribution is -0.305. The summed E-state index contributed by atoms with van der Waals surface area (Å²) in [4.78, 5) is 23.4. The maximum atomic E-state index is 11.9. The second-order valence-corrected chi connectivity index (χ2v) is 4.43. The van der Waals surface area contributed by atoms with Crippen molar-refractivity contribution in [2.75, 3.05) is 6.54 Å². The monoisotopic (exact) mass is 287 g/mol. The van der Waals surface area contributed by atoms with E-state index >= 15 is 0 Å². The first-order valence-corrected chi connectivity index (χ1v) is 6.25. The Morgan fingerprint density at radius 2 is 2.05 bits per heavy atom. The van der Waals surface area contributed by atoms with Gasteiger partial charge in [0.1, 0.15) is 5.70 Å².